The van der Waals surface area contributed by atoms with Crippen molar-refractivity contribution in [3.8, 4) is 0 Å². The molecule has 1 aliphatic heterocycles. The highest BCUT2D eigenvalue weighted by Gasteiger charge is 2.47. The zero-order valence-electron chi connectivity index (χ0n) is 14.5. The number of anilines is 2. The first-order valence-corrected chi connectivity index (χ1v) is 9.20. The molecule has 2 atom stereocenters. The SMILES string of the molecule is O=C(Nc1cc(Cl)ccc1Cl)c1cnn2c1N[C@@H](c1ccco1)C[C@@H]2C(F)(F)F. The first-order chi connectivity index (χ1) is 13.7. The van der Waals surface area contributed by atoms with E-state index in [1.807, 2.05) is 0 Å². The minimum Gasteiger partial charge on any atom is -0.467 e. The molecule has 0 radical (unpaired) electrons. The number of hydrogen-bond donors (Lipinski definition) is 2. The first-order valence-electron chi connectivity index (χ1n) is 8.44. The lowest BCUT2D eigenvalue weighted by atomic mass is 10.0. The van der Waals surface area contributed by atoms with Crippen molar-refractivity contribution in [2.24, 2.45) is 0 Å². The molecule has 152 valence electrons. The fourth-order valence-electron chi connectivity index (χ4n) is 3.19. The molecular weight excluding hydrogens is 432 g/mol. The fourth-order valence-corrected chi connectivity index (χ4v) is 3.52. The molecule has 11 heteroatoms. The van der Waals surface area contributed by atoms with Gasteiger partial charge < -0.3 is 15.1 Å². The lowest BCUT2D eigenvalue weighted by molar-refractivity contribution is -0.174. The molecule has 0 saturated heterocycles. The van der Waals surface area contributed by atoms with Gasteiger partial charge in [0, 0.05) is 11.4 Å². The topological polar surface area (TPSA) is 72.1 Å². The van der Waals surface area contributed by atoms with Crippen molar-refractivity contribution in [1.82, 2.24) is 9.78 Å². The van der Waals surface area contributed by atoms with Crippen LogP contribution in [0, 0.1) is 0 Å². The highest BCUT2D eigenvalue weighted by Crippen LogP contribution is 2.44. The van der Waals surface area contributed by atoms with Crippen LogP contribution in [0.1, 0.15) is 34.6 Å². The predicted octanol–water partition coefficient (Wildman–Crippen LogP) is 5.70. The maximum Gasteiger partial charge on any atom is 0.410 e. The Morgan fingerprint density at radius 3 is 2.79 bits per heavy atom. The van der Waals surface area contributed by atoms with Gasteiger partial charge in [-0.15, -0.1) is 0 Å². The predicted molar refractivity (Wildman–Crippen MR) is 101 cm³/mol. The molecule has 0 fully saturated rings. The highest BCUT2D eigenvalue weighted by atomic mass is 35.5. The van der Waals surface area contributed by atoms with Gasteiger partial charge in [0.25, 0.3) is 5.91 Å². The Bertz CT molecular complexity index is 1050. The van der Waals surface area contributed by atoms with E-state index >= 15 is 0 Å². The number of halogens is 5. The second-order valence-electron chi connectivity index (χ2n) is 6.44. The minimum absolute atomic E-state index is 0.0596. The summed E-state index contributed by atoms with van der Waals surface area (Å²) < 4.78 is 46.9. The smallest absolute Gasteiger partial charge is 0.410 e. The van der Waals surface area contributed by atoms with E-state index in [-0.39, 0.29) is 28.5 Å². The van der Waals surface area contributed by atoms with Gasteiger partial charge in [-0.25, -0.2) is 4.68 Å². The van der Waals surface area contributed by atoms with Gasteiger partial charge in [0.05, 0.1) is 29.2 Å². The third-order valence-corrected chi connectivity index (χ3v) is 5.11. The molecule has 0 unspecified atom stereocenters. The molecular formula is C18H13Cl2F3N4O2. The number of aromatic nitrogens is 2. The van der Waals surface area contributed by atoms with Gasteiger partial charge in [0.2, 0.25) is 0 Å². The van der Waals surface area contributed by atoms with Gasteiger partial charge >= 0.3 is 6.18 Å². The summed E-state index contributed by atoms with van der Waals surface area (Å²) in [6.07, 6.45) is -2.43. The Morgan fingerprint density at radius 2 is 2.10 bits per heavy atom. The molecule has 4 rings (SSSR count). The van der Waals surface area contributed by atoms with Crippen LogP contribution in [0.2, 0.25) is 10.0 Å². The summed E-state index contributed by atoms with van der Waals surface area (Å²) in [6.45, 7) is 0. The van der Waals surface area contributed by atoms with Gasteiger partial charge in [0.15, 0.2) is 6.04 Å². The highest BCUT2D eigenvalue weighted by molar-refractivity contribution is 6.36. The maximum absolute atomic E-state index is 13.6. The number of alkyl halides is 3. The number of carbonyl (C=O) groups excluding carboxylic acids is 1. The molecule has 1 amide bonds. The van der Waals surface area contributed by atoms with Crippen LogP contribution < -0.4 is 10.6 Å². The summed E-state index contributed by atoms with van der Waals surface area (Å²) in [6, 6.07) is 4.95. The molecule has 2 aromatic heterocycles. The number of fused-ring (bicyclic) bond motifs is 1. The number of nitrogens with zero attached hydrogens (tertiary/aromatic N) is 2. The van der Waals surface area contributed by atoms with E-state index in [0.29, 0.717) is 10.8 Å². The van der Waals surface area contributed by atoms with Crippen LogP contribution in [-0.4, -0.2) is 21.9 Å². The van der Waals surface area contributed by atoms with E-state index in [4.69, 9.17) is 27.6 Å². The second kappa shape index (κ2) is 7.31. The third kappa shape index (κ3) is 3.79. The average Bonchev–Trinajstić information content (AvgIpc) is 3.32. The van der Waals surface area contributed by atoms with Gasteiger partial charge in [-0.1, -0.05) is 23.2 Å². The number of carbonyl (C=O) groups is 1. The number of benzene rings is 1. The van der Waals surface area contributed by atoms with Crippen molar-refractivity contribution < 1.29 is 22.4 Å². The zero-order valence-corrected chi connectivity index (χ0v) is 16.0. The average molecular weight is 445 g/mol. The van der Waals surface area contributed by atoms with Gasteiger partial charge in [-0.2, -0.15) is 18.3 Å². The molecule has 0 spiro atoms. The quantitative estimate of drug-likeness (QED) is 0.543. The molecule has 29 heavy (non-hydrogen) atoms. The maximum atomic E-state index is 13.6. The number of hydrogen-bond acceptors (Lipinski definition) is 4. The molecule has 1 aromatic carbocycles. The monoisotopic (exact) mass is 444 g/mol. The van der Waals surface area contributed by atoms with Crippen molar-refractivity contribution in [3.63, 3.8) is 0 Å². The zero-order chi connectivity index (χ0) is 20.8. The summed E-state index contributed by atoms with van der Waals surface area (Å²) in [5.74, 6) is -0.407. The van der Waals surface area contributed by atoms with Crippen LogP contribution in [0.5, 0.6) is 0 Å². The second-order valence-corrected chi connectivity index (χ2v) is 7.28. The lowest BCUT2D eigenvalue weighted by Gasteiger charge is -2.32. The normalized spacial score (nSPS) is 18.8. The Hall–Kier alpha value is -2.65. The van der Waals surface area contributed by atoms with Crippen molar-refractivity contribution in [3.05, 3.63) is 64.2 Å². The molecule has 0 aliphatic carbocycles. The number of rotatable bonds is 3. The van der Waals surface area contributed by atoms with Crippen molar-refractivity contribution in [1.29, 1.82) is 0 Å². The molecule has 0 saturated carbocycles. The molecule has 6 nitrogen and oxygen atoms in total. The van der Waals surface area contributed by atoms with E-state index in [2.05, 4.69) is 15.7 Å². The Balaban J connectivity index is 1.70. The Labute approximate surface area is 172 Å². The summed E-state index contributed by atoms with van der Waals surface area (Å²) in [4.78, 5) is 12.7. The van der Waals surface area contributed by atoms with Gasteiger partial charge in [0.1, 0.15) is 17.1 Å². The van der Waals surface area contributed by atoms with Crippen LogP contribution in [0.3, 0.4) is 0 Å². The molecule has 3 heterocycles. The molecule has 0 bridgehead atoms. The van der Waals surface area contributed by atoms with Gasteiger partial charge in [-0.05, 0) is 30.3 Å². The lowest BCUT2D eigenvalue weighted by Crippen LogP contribution is -2.36. The van der Waals surface area contributed by atoms with E-state index in [0.717, 1.165) is 10.9 Å². The van der Waals surface area contributed by atoms with Crippen LogP contribution in [0.15, 0.2) is 47.2 Å². The molecule has 2 N–H and O–H groups in total. The standard InChI is InChI=1S/C18H13Cl2F3N4O2/c19-9-3-4-11(20)12(6-9)26-17(28)10-8-24-27-15(18(21,22)23)7-13(25-16(10)27)14-2-1-5-29-14/h1-6,8,13,15,25H,7H2,(H,26,28)/t13-,15-/m1/s1. The van der Waals surface area contributed by atoms with Crippen LogP contribution in [0.25, 0.3) is 0 Å². The van der Waals surface area contributed by atoms with E-state index < -0.39 is 24.2 Å². The molecule has 3 aromatic rings. The summed E-state index contributed by atoms with van der Waals surface area (Å²) in [5.41, 5.74) is 0.168. The third-order valence-electron chi connectivity index (χ3n) is 4.55. The number of amides is 1. The van der Waals surface area contributed by atoms with E-state index in [1.54, 1.807) is 18.2 Å². The summed E-state index contributed by atoms with van der Waals surface area (Å²) in [7, 11) is 0. The van der Waals surface area contributed by atoms with Crippen LogP contribution in [-0.2, 0) is 0 Å². The van der Waals surface area contributed by atoms with Gasteiger partial charge in [-0.3, -0.25) is 4.79 Å². The number of nitrogens with one attached hydrogen (secondary N) is 2. The van der Waals surface area contributed by atoms with Crippen molar-refractivity contribution >= 4 is 40.6 Å². The first kappa shape index (κ1) is 19.7. The Kier molecular flexibility index (Phi) is 4.95. The number of furan rings is 1. The summed E-state index contributed by atoms with van der Waals surface area (Å²) >= 11 is 12.0. The fraction of sp³-hybridized carbons (Fsp3) is 0.222. The largest absolute Gasteiger partial charge is 0.467 e. The van der Waals surface area contributed by atoms with E-state index in [9.17, 15) is 18.0 Å². The molecule has 1 aliphatic rings. The van der Waals surface area contributed by atoms with Crippen molar-refractivity contribution in [2.75, 3.05) is 10.6 Å². The minimum atomic E-state index is -4.56. The van der Waals surface area contributed by atoms with Crippen LogP contribution in [0.4, 0.5) is 24.7 Å². The van der Waals surface area contributed by atoms with Crippen LogP contribution >= 0.6 is 23.2 Å². The van der Waals surface area contributed by atoms with Crippen molar-refractivity contribution in [2.45, 2.75) is 24.7 Å². The Morgan fingerprint density at radius 1 is 1.31 bits per heavy atom. The summed E-state index contributed by atoms with van der Waals surface area (Å²) in [5, 5.41) is 9.87. The van der Waals surface area contributed by atoms with E-state index in [1.165, 1.54) is 18.4 Å².